The maximum Gasteiger partial charge on any atom is 0.244 e. The summed E-state index contributed by atoms with van der Waals surface area (Å²) in [5.41, 5.74) is 4.93. The van der Waals surface area contributed by atoms with Crippen molar-refractivity contribution < 1.29 is 14.3 Å². The van der Waals surface area contributed by atoms with E-state index < -0.39 is 0 Å². The number of carbonyl (C=O) groups excluding carboxylic acids is 1. The van der Waals surface area contributed by atoms with Gasteiger partial charge in [0.15, 0.2) is 0 Å². The highest BCUT2D eigenvalue weighted by molar-refractivity contribution is 7.13. The number of ether oxygens (including phenoxy) is 2. The molecule has 0 atom stereocenters. The van der Waals surface area contributed by atoms with Crippen molar-refractivity contribution in [3.8, 4) is 33.3 Å². The highest BCUT2D eigenvalue weighted by Gasteiger charge is 2.07. The van der Waals surface area contributed by atoms with Crippen molar-refractivity contribution in [1.29, 1.82) is 0 Å². The molecule has 1 heterocycles. The minimum atomic E-state index is -0.184. The molecule has 0 unspecified atom stereocenters. The molecule has 0 saturated carbocycles. The molecule has 3 aromatic carbocycles. The molecule has 6 heteroatoms. The van der Waals surface area contributed by atoms with Crippen molar-refractivity contribution in [2.24, 2.45) is 0 Å². The molecule has 0 bridgehead atoms. The molecule has 5 nitrogen and oxygen atoms in total. The van der Waals surface area contributed by atoms with Crippen LogP contribution in [0.1, 0.15) is 11.1 Å². The van der Waals surface area contributed by atoms with E-state index in [9.17, 15) is 4.79 Å². The molecule has 0 saturated heterocycles. The van der Waals surface area contributed by atoms with Crippen LogP contribution in [0, 0.1) is 0 Å². The standard InChI is InChI=1S/C27H24N2O3S/c1-31-23-13-14-25(32-2)22(16-23)12-15-26(30)28-17-19-8-10-21(11-9-19)27-29-24(18-33-27)20-6-4-3-5-7-20/h3-16,18H,17H2,1-2H3,(H,28,30)/b15-12+. The van der Waals surface area contributed by atoms with Gasteiger partial charge in [-0.05, 0) is 29.8 Å². The van der Waals surface area contributed by atoms with Gasteiger partial charge in [0.2, 0.25) is 5.91 Å². The molecular weight excluding hydrogens is 432 g/mol. The number of aromatic nitrogens is 1. The fourth-order valence-corrected chi connectivity index (χ4v) is 4.13. The lowest BCUT2D eigenvalue weighted by Gasteiger charge is -2.07. The third kappa shape index (κ3) is 5.67. The van der Waals surface area contributed by atoms with E-state index in [0.29, 0.717) is 18.0 Å². The molecule has 0 spiro atoms. The topological polar surface area (TPSA) is 60.5 Å². The van der Waals surface area contributed by atoms with Crippen molar-refractivity contribution >= 4 is 23.3 Å². The van der Waals surface area contributed by atoms with Crippen molar-refractivity contribution in [3.05, 3.63) is 95.4 Å². The number of rotatable bonds is 8. The van der Waals surface area contributed by atoms with Crippen LogP contribution in [0.4, 0.5) is 0 Å². The Morgan fingerprint density at radius 2 is 1.76 bits per heavy atom. The second kappa shape index (κ2) is 10.6. The average molecular weight is 457 g/mol. The number of benzene rings is 3. The van der Waals surface area contributed by atoms with E-state index >= 15 is 0 Å². The number of amides is 1. The molecule has 0 aliphatic carbocycles. The molecule has 4 aromatic rings. The first kappa shape index (κ1) is 22.3. The lowest BCUT2D eigenvalue weighted by Crippen LogP contribution is -2.20. The zero-order valence-electron chi connectivity index (χ0n) is 18.4. The van der Waals surface area contributed by atoms with E-state index in [0.717, 1.165) is 33.0 Å². The SMILES string of the molecule is COc1ccc(OC)c(/C=C/C(=O)NCc2ccc(-c3nc(-c4ccccc4)cs3)cc2)c1. The summed E-state index contributed by atoms with van der Waals surface area (Å²) in [7, 11) is 3.20. The molecule has 0 radical (unpaired) electrons. The molecule has 0 aliphatic rings. The third-order valence-electron chi connectivity index (χ3n) is 5.09. The van der Waals surface area contributed by atoms with Gasteiger partial charge in [-0.1, -0.05) is 54.6 Å². The molecule has 0 aliphatic heterocycles. The number of nitrogens with zero attached hydrogens (tertiary/aromatic N) is 1. The van der Waals surface area contributed by atoms with Crippen molar-refractivity contribution in [2.45, 2.75) is 6.54 Å². The smallest absolute Gasteiger partial charge is 0.244 e. The Labute approximate surface area is 197 Å². The van der Waals surface area contributed by atoms with Gasteiger partial charge < -0.3 is 14.8 Å². The van der Waals surface area contributed by atoms with Crippen LogP contribution in [0.15, 0.2) is 84.3 Å². The Balaban J connectivity index is 1.36. The summed E-state index contributed by atoms with van der Waals surface area (Å²) in [6.07, 6.45) is 3.21. The van der Waals surface area contributed by atoms with Crippen molar-refractivity contribution in [1.82, 2.24) is 10.3 Å². The summed E-state index contributed by atoms with van der Waals surface area (Å²) in [5.74, 6) is 1.19. The zero-order chi connectivity index (χ0) is 23.0. The summed E-state index contributed by atoms with van der Waals surface area (Å²) < 4.78 is 10.6. The van der Waals surface area contributed by atoms with Crippen LogP contribution in [0.2, 0.25) is 0 Å². The first-order chi connectivity index (χ1) is 16.2. The monoisotopic (exact) mass is 456 g/mol. The van der Waals surface area contributed by atoms with Crippen LogP contribution in [-0.4, -0.2) is 25.1 Å². The Bertz CT molecular complexity index is 1250. The molecule has 1 N–H and O–H groups in total. The van der Waals surface area contributed by atoms with Gasteiger partial charge in [0.1, 0.15) is 16.5 Å². The summed E-state index contributed by atoms with van der Waals surface area (Å²) in [6, 6.07) is 23.7. The van der Waals surface area contributed by atoms with Gasteiger partial charge in [0.25, 0.3) is 0 Å². The van der Waals surface area contributed by atoms with Crippen LogP contribution in [0.25, 0.3) is 27.9 Å². The van der Waals surface area contributed by atoms with Gasteiger partial charge in [0.05, 0.1) is 19.9 Å². The quantitative estimate of drug-likeness (QED) is 0.339. The molecule has 4 rings (SSSR count). The molecular formula is C27H24N2O3S. The fraction of sp³-hybridized carbons (Fsp3) is 0.111. The summed E-state index contributed by atoms with van der Waals surface area (Å²) in [6.45, 7) is 0.436. The third-order valence-corrected chi connectivity index (χ3v) is 5.98. The minimum Gasteiger partial charge on any atom is -0.497 e. The van der Waals surface area contributed by atoms with Gasteiger partial charge >= 0.3 is 0 Å². The van der Waals surface area contributed by atoms with E-state index in [4.69, 9.17) is 14.5 Å². The van der Waals surface area contributed by atoms with E-state index in [-0.39, 0.29) is 5.91 Å². The van der Waals surface area contributed by atoms with Crippen molar-refractivity contribution in [2.75, 3.05) is 14.2 Å². The summed E-state index contributed by atoms with van der Waals surface area (Å²) in [5, 5.41) is 5.95. The van der Waals surface area contributed by atoms with Crippen LogP contribution >= 0.6 is 11.3 Å². The maximum absolute atomic E-state index is 12.3. The normalized spacial score (nSPS) is 10.8. The van der Waals surface area contributed by atoms with Crippen LogP contribution in [-0.2, 0) is 11.3 Å². The largest absolute Gasteiger partial charge is 0.497 e. The number of thiazole rings is 1. The Morgan fingerprint density at radius 1 is 0.970 bits per heavy atom. The minimum absolute atomic E-state index is 0.184. The number of carbonyl (C=O) groups is 1. The van der Waals surface area contributed by atoms with Crippen molar-refractivity contribution in [3.63, 3.8) is 0 Å². The molecule has 33 heavy (non-hydrogen) atoms. The van der Waals surface area contributed by atoms with E-state index in [1.54, 1.807) is 31.6 Å². The number of hydrogen-bond donors (Lipinski definition) is 1. The molecule has 1 amide bonds. The van der Waals surface area contributed by atoms with E-state index in [1.807, 2.05) is 60.7 Å². The highest BCUT2D eigenvalue weighted by atomic mass is 32.1. The first-order valence-electron chi connectivity index (χ1n) is 10.4. The molecule has 166 valence electrons. The predicted molar refractivity (Wildman–Crippen MR) is 133 cm³/mol. The van der Waals surface area contributed by atoms with Crippen LogP contribution < -0.4 is 14.8 Å². The van der Waals surface area contributed by atoms with Gasteiger partial charge in [-0.25, -0.2) is 4.98 Å². The molecule has 1 aromatic heterocycles. The molecule has 0 fully saturated rings. The Kier molecular flexibility index (Phi) is 7.17. The fourth-order valence-electron chi connectivity index (χ4n) is 3.30. The van der Waals surface area contributed by atoms with Gasteiger partial charge in [-0.2, -0.15) is 0 Å². The first-order valence-corrected chi connectivity index (χ1v) is 11.3. The van der Waals surface area contributed by atoms with E-state index in [2.05, 4.69) is 22.8 Å². The van der Waals surface area contributed by atoms with Crippen LogP contribution in [0.5, 0.6) is 11.5 Å². The number of hydrogen-bond acceptors (Lipinski definition) is 5. The van der Waals surface area contributed by atoms with E-state index in [1.165, 1.54) is 6.08 Å². The Morgan fingerprint density at radius 3 is 2.48 bits per heavy atom. The lowest BCUT2D eigenvalue weighted by atomic mass is 10.1. The number of nitrogens with one attached hydrogen (secondary N) is 1. The lowest BCUT2D eigenvalue weighted by molar-refractivity contribution is -0.116. The number of methoxy groups -OCH3 is 2. The maximum atomic E-state index is 12.3. The highest BCUT2D eigenvalue weighted by Crippen LogP contribution is 2.29. The zero-order valence-corrected chi connectivity index (χ0v) is 19.3. The van der Waals surface area contributed by atoms with Crippen LogP contribution in [0.3, 0.4) is 0 Å². The summed E-state index contributed by atoms with van der Waals surface area (Å²) in [4.78, 5) is 17.0. The van der Waals surface area contributed by atoms with Gasteiger partial charge in [-0.3, -0.25) is 4.79 Å². The van der Waals surface area contributed by atoms with Gasteiger partial charge in [0, 0.05) is 34.7 Å². The second-order valence-corrected chi connectivity index (χ2v) is 8.12. The Hall–Kier alpha value is -3.90. The predicted octanol–water partition coefficient (Wildman–Crippen LogP) is 5.82. The second-order valence-electron chi connectivity index (χ2n) is 7.26. The van der Waals surface area contributed by atoms with Gasteiger partial charge in [-0.15, -0.1) is 11.3 Å². The average Bonchev–Trinajstić information content (AvgIpc) is 3.37. The summed E-state index contributed by atoms with van der Waals surface area (Å²) >= 11 is 1.62.